The fraction of sp³-hybridized carbons (Fsp3) is 0.300. The third-order valence-corrected chi connectivity index (χ3v) is 2.20. The minimum atomic E-state index is -4.70. The number of rotatable bonds is 3. The van der Waals surface area contributed by atoms with Gasteiger partial charge in [-0.3, -0.25) is 10.1 Å². The minimum absolute atomic E-state index is 0.311. The second kappa shape index (κ2) is 5.01. The molecule has 0 heterocycles. The molecule has 1 unspecified atom stereocenters. The number of hydrogen-bond acceptors (Lipinski definition) is 4. The summed E-state index contributed by atoms with van der Waals surface area (Å²) in [5, 5.41) is 28.4. The summed E-state index contributed by atoms with van der Waals surface area (Å²) in [6, 6.07) is 3.36. The zero-order valence-electron chi connectivity index (χ0n) is 8.81. The molecule has 1 aromatic carbocycles. The summed E-state index contributed by atoms with van der Waals surface area (Å²) in [5.41, 5.74) is -2.34. The predicted octanol–water partition coefficient (Wildman–Crippen LogP) is 2.56. The van der Waals surface area contributed by atoms with Crippen molar-refractivity contribution in [1.29, 1.82) is 5.26 Å². The van der Waals surface area contributed by atoms with E-state index in [4.69, 9.17) is 5.26 Å². The number of hydrogen-bond donors (Lipinski definition) is 1. The molecule has 0 radical (unpaired) electrons. The lowest BCUT2D eigenvalue weighted by atomic mass is 10.0. The third-order valence-electron chi connectivity index (χ3n) is 2.20. The van der Waals surface area contributed by atoms with Crippen molar-refractivity contribution in [3.05, 3.63) is 39.4 Å². The molecule has 0 bridgehead atoms. The number of aliphatic hydroxyl groups is 1. The number of benzene rings is 1. The molecule has 0 aliphatic carbocycles. The van der Waals surface area contributed by atoms with Crippen LogP contribution in [0.2, 0.25) is 0 Å². The average Bonchev–Trinajstić information content (AvgIpc) is 2.27. The SMILES string of the molecule is N#CCC(O)c1ccc(C(F)(F)F)cc1[N+](=O)[O-]. The van der Waals surface area contributed by atoms with Gasteiger partial charge in [-0.15, -0.1) is 0 Å². The summed E-state index contributed by atoms with van der Waals surface area (Å²) in [4.78, 5) is 9.63. The average molecular weight is 260 g/mol. The molecule has 8 heteroatoms. The second-order valence-electron chi connectivity index (χ2n) is 3.41. The van der Waals surface area contributed by atoms with E-state index in [2.05, 4.69) is 0 Å². The Morgan fingerprint density at radius 1 is 1.50 bits per heavy atom. The van der Waals surface area contributed by atoms with Crippen LogP contribution >= 0.6 is 0 Å². The van der Waals surface area contributed by atoms with Crippen molar-refractivity contribution >= 4 is 5.69 Å². The van der Waals surface area contributed by atoms with Gasteiger partial charge in [0.2, 0.25) is 0 Å². The van der Waals surface area contributed by atoms with Crippen LogP contribution in [-0.2, 0) is 6.18 Å². The number of nitrogens with zero attached hydrogens (tertiary/aromatic N) is 2. The van der Waals surface area contributed by atoms with Crippen molar-refractivity contribution in [2.24, 2.45) is 0 Å². The molecule has 5 nitrogen and oxygen atoms in total. The summed E-state index contributed by atoms with van der Waals surface area (Å²) in [7, 11) is 0. The molecular formula is C10H7F3N2O3. The molecule has 0 aliphatic rings. The van der Waals surface area contributed by atoms with Gasteiger partial charge in [0.05, 0.1) is 34.6 Å². The van der Waals surface area contributed by atoms with Crippen LogP contribution in [0, 0.1) is 21.4 Å². The standard InChI is InChI=1S/C10H7F3N2O3/c11-10(12,13)6-1-2-7(9(16)3-4-14)8(5-6)15(17)18/h1-2,5,9,16H,3H2. The lowest BCUT2D eigenvalue weighted by molar-refractivity contribution is -0.386. The van der Waals surface area contributed by atoms with Crippen LogP contribution in [-0.4, -0.2) is 10.0 Å². The van der Waals surface area contributed by atoms with Crippen molar-refractivity contribution in [3.8, 4) is 6.07 Å². The van der Waals surface area contributed by atoms with Gasteiger partial charge in [0.1, 0.15) is 0 Å². The van der Waals surface area contributed by atoms with E-state index in [-0.39, 0.29) is 5.56 Å². The number of nitriles is 1. The molecule has 1 atom stereocenters. The number of aliphatic hydroxyl groups excluding tert-OH is 1. The Hall–Kier alpha value is -2.14. The van der Waals surface area contributed by atoms with Gasteiger partial charge in [-0.05, 0) is 12.1 Å². The van der Waals surface area contributed by atoms with Crippen LogP contribution < -0.4 is 0 Å². The zero-order valence-corrected chi connectivity index (χ0v) is 8.81. The molecular weight excluding hydrogens is 253 g/mol. The lowest BCUT2D eigenvalue weighted by Crippen LogP contribution is -2.08. The molecule has 1 N–H and O–H groups in total. The summed E-state index contributed by atoms with van der Waals surface area (Å²) >= 11 is 0. The highest BCUT2D eigenvalue weighted by Crippen LogP contribution is 2.35. The number of nitro groups is 1. The van der Waals surface area contributed by atoms with Gasteiger partial charge in [0, 0.05) is 6.07 Å². The zero-order chi connectivity index (χ0) is 13.9. The first-order valence-corrected chi connectivity index (χ1v) is 4.68. The van der Waals surface area contributed by atoms with E-state index in [1.807, 2.05) is 0 Å². The quantitative estimate of drug-likeness (QED) is 0.668. The van der Waals surface area contributed by atoms with E-state index < -0.39 is 34.9 Å². The normalized spacial score (nSPS) is 12.8. The summed E-state index contributed by atoms with van der Waals surface area (Å²) < 4.78 is 37.1. The molecule has 18 heavy (non-hydrogen) atoms. The first-order valence-electron chi connectivity index (χ1n) is 4.68. The number of nitro benzene ring substituents is 1. The van der Waals surface area contributed by atoms with Crippen molar-refractivity contribution in [2.45, 2.75) is 18.7 Å². The topological polar surface area (TPSA) is 87.2 Å². The van der Waals surface area contributed by atoms with E-state index in [1.54, 1.807) is 6.07 Å². The van der Waals surface area contributed by atoms with Crippen molar-refractivity contribution < 1.29 is 23.2 Å². The van der Waals surface area contributed by atoms with Crippen molar-refractivity contribution in [2.75, 3.05) is 0 Å². The monoisotopic (exact) mass is 260 g/mol. The Bertz CT molecular complexity index is 508. The van der Waals surface area contributed by atoms with Crippen molar-refractivity contribution in [1.82, 2.24) is 0 Å². The van der Waals surface area contributed by atoms with Gasteiger partial charge in [-0.2, -0.15) is 18.4 Å². The van der Waals surface area contributed by atoms with E-state index >= 15 is 0 Å². The number of halogens is 3. The van der Waals surface area contributed by atoms with Crippen LogP contribution in [0.1, 0.15) is 23.7 Å². The maximum absolute atomic E-state index is 12.4. The third kappa shape index (κ3) is 2.95. The molecule has 0 saturated carbocycles. The smallest absolute Gasteiger partial charge is 0.387 e. The molecule has 0 saturated heterocycles. The van der Waals surface area contributed by atoms with Crippen LogP contribution in [0.3, 0.4) is 0 Å². The van der Waals surface area contributed by atoms with E-state index in [0.717, 1.165) is 6.07 Å². The Kier molecular flexibility index (Phi) is 3.88. The summed E-state index contributed by atoms with van der Waals surface area (Å²) in [6.07, 6.45) is -6.63. The Labute approximate surface area is 99.2 Å². The van der Waals surface area contributed by atoms with Crippen molar-refractivity contribution in [3.63, 3.8) is 0 Å². The molecule has 0 amide bonds. The summed E-state index contributed by atoms with van der Waals surface area (Å²) in [5.74, 6) is 0. The molecule has 96 valence electrons. The largest absolute Gasteiger partial charge is 0.416 e. The molecule has 0 aromatic heterocycles. The molecule has 1 rings (SSSR count). The van der Waals surface area contributed by atoms with Crippen LogP contribution in [0.15, 0.2) is 18.2 Å². The Morgan fingerprint density at radius 2 is 2.11 bits per heavy atom. The van der Waals surface area contributed by atoms with E-state index in [1.165, 1.54) is 0 Å². The Morgan fingerprint density at radius 3 is 2.56 bits per heavy atom. The van der Waals surface area contributed by atoms with Gasteiger partial charge in [-0.1, -0.05) is 0 Å². The van der Waals surface area contributed by atoms with Gasteiger partial charge >= 0.3 is 6.18 Å². The molecule has 0 fully saturated rings. The fourth-order valence-corrected chi connectivity index (χ4v) is 1.36. The van der Waals surface area contributed by atoms with Gasteiger partial charge in [0.25, 0.3) is 5.69 Å². The summed E-state index contributed by atoms with van der Waals surface area (Å²) in [6.45, 7) is 0. The maximum Gasteiger partial charge on any atom is 0.416 e. The molecule has 1 aromatic rings. The molecule has 0 aliphatic heterocycles. The van der Waals surface area contributed by atoms with Gasteiger partial charge < -0.3 is 5.11 Å². The highest BCUT2D eigenvalue weighted by Gasteiger charge is 2.33. The molecule has 0 spiro atoms. The number of alkyl halides is 3. The Balaban J connectivity index is 3.30. The van der Waals surface area contributed by atoms with Crippen LogP contribution in [0.4, 0.5) is 18.9 Å². The van der Waals surface area contributed by atoms with E-state index in [9.17, 15) is 28.4 Å². The first-order chi connectivity index (χ1) is 8.27. The first kappa shape index (κ1) is 13.9. The van der Waals surface area contributed by atoms with Gasteiger partial charge in [0.15, 0.2) is 0 Å². The fourth-order valence-electron chi connectivity index (χ4n) is 1.36. The highest BCUT2D eigenvalue weighted by atomic mass is 19.4. The second-order valence-corrected chi connectivity index (χ2v) is 3.41. The predicted molar refractivity (Wildman–Crippen MR) is 53.3 cm³/mol. The van der Waals surface area contributed by atoms with Gasteiger partial charge in [-0.25, -0.2) is 0 Å². The van der Waals surface area contributed by atoms with E-state index in [0.29, 0.717) is 12.1 Å². The van der Waals surface area contributed by atoms with Crippen LogP contribution in [0.5, 0.6) is 0 Å². The minimum Gasteiger partial charge on any atom is -0.387 e. The maximum atomic E-state index is 12.4. The van der Waals surface area contributed by atoms with Crippen LogP contribution in [0.25, 0.3) is 0 Å². The highest BCUT2D eigenvalue weighted by molar-refractivity contribution is 5.45. The lowest BCUT2D eigenvalue weighted by Gasteiger charge is -2.11.